The SMILES string of the molecule is CCOc1cc(C(=O)N/N=C/c2ccc(OS(=O)(=O)c3ccccc3)cc2)ccc1OC. The minimum atomic E-state index is -3.91. The predicted octanol–water partition coefficient (Wildman–Crippen LogP) is 3.63. The predicted molar refractivity (Wildman–Crippen MR) is 120 cm³/mol. The zero-order chi connectivity index (χ0) is 23.0. The summed E-state index contributed by atoms with van der Waals surface area (Å²) >= 11 is 0. The van der Waals surface area contributed by atoms with Gasteiger partial charge in [0.15, 0.2) is 11.5 Å². The Morgan fingerprint density at radius 1 is 1.00 bits per heavy atom. The first-order valence-electron chi connectivity index (χ1n) is 9.67. The molecule has 0 saturated heterocycles. The van der Waals surface area contributed by atoms with E-state index in [1.165, 1.54) is 37.6 Å². The lowest BCUT2D eigenvalue weighted by Gasteiger charge is -2.10. The third-order valence-electron chi connectivity index (χ3n) is 4.22. The fourth-order valence-electron chi connectivity index (χ4n) is 2.69. The van der Waals surface area contributed by atoms with E-state index in [2.05, 4.69) is 10.5 Å². The molecule has 8 nitrogen and oxygen atoms in total. The van der Waals surface area contributed by atoms with Crippen molar-refractivity contribution in [3.63, 3.8) is 0 Å². The molecule has 0 bridgehead atoms. The van der Waals surface area contributed by atoms with Gasteiger partial charge in [-0.25, -0.2) is 5.43 Å². The van der Waals surface area contributed by atoms with E-state index in [1.807, 2.05) is 6.92 Å². The molecule has 0 aliphatic heterocycles. The van der Waals surface area contributed by atoms with Crippen molar-refractivity contribution >= 4 is 22.2 Å². The van der Waals surface area contributed by atoms with Crippen LogP contribution in [-0.4, -0.2) is 34.3 Å². The van der Waals surface area contributed by atoms with Gasteiger partial charge >= 0.3 is 10.1 Å². The topological polar surface area (TPSA) is 103 Å². The summed E-state index contributed by atoms with van der Waals surface area (Å²) in [5.74, 6) is 0.742. The molecule has 0 aliphatic rings. The molecule has 0 heterocycles. The average Bonchev–Trinajstić information content (AvgIpc) is 2.80. The van der Waals surface area contributed by atoms with Gasteiger partial charge in [0.25, 0.3) is 5.91 Å². The number of carbonyl (C=O) groups excluding carboxylic acids is 1. The van der Waals surface area contributed by atoms with Gasteiger partial charge in [-0.2, -0.15) is 13.5 Å². The summed E-state index contributed by atoms with van der Waals surface area (Å²) < 4.78 is 40.3. The van der Waals surface area contributed by atoms with Gasteiger partial charge in [-0.3, -0.25) is 4.79 Å². The van der Waals surface area contributed by atoms with E-state index in [9.17, 15) is 13.2 Å². The van der Waals surface area contributed by atoms with Crippen molar-refractivity contribution in [3.05, 3.63) is 83.9 Å². The van der Waals surface area contributed by atoms with Gasteiger partial charge in [-0.1, -0.05) is 18.2 Å². The Hall–Kier alpha value is -3.85. The maximum Gasteiger partial charge on any atom is 0.339 e. The molecule has 166 valence electrons. The molecule has 0 atom stereocenters. The standard InChI is InChI=1S/C23H22N2O6S/c1-3-30-22-15-18(11-14-21(22)29-2)23(26)25-24-16-17-9-12-19(13-10-17)31-32(27,28)20-7-5-4-6-8-20/h4-16H,3H2,1-2H3,(H,25,26)/b24-16+. The highest BCUT2D eigenvalue weighted by Crippen LogP contribution is 2.28. The maximum atomic E-state index is 12.3. The Morgan fingerprint density at radius 2 is 1.72 bits per heavy atom. The van der Waals surface area contributed by atoms with Crippen LogP contribution in [0.3, 0.4) is 0 Å². The van der Waals surface area contributed by atoms with Gasteiger partial charge in [0.05, 0.1) is 19.9 Å². The molecule has 3 rings (SSSR count). The molecular formula is C23H22N2O6S. The third kappa shape index (κ3) is 5.86. The Morgan fingerprint density at radius 3 is 2.38 bits per heavy atom. The third-order valence-corrected chi connectivity index (χ3v) is 5.48. The molecule has 1 N–H and O–H groups in total. The highest BCUT2D eigenvalue weighted by molar-refractivity contribution is 7.87. The number of hydrazone groups is 1. The summed E-state index contributed by atoms with van der Waals surface area (Å²) in [5.41, 5.74) is 3.44. The molecule has 32 heavy (non-hydrogen) atoms. The van der Waals surface area contributed by atoms with E-state index in [1.54, 1.807) is 48.5 Å². The molecule has 0 spiro atoms. The molecule has 0 saturated carbocycles. The molecular weight excluding hydrogens is 432 g/mol. The first kappa shape index (κ1) is 22.8. The first-order chi connectivity index (χ1) is 15.4. The largest absolute Gasteiger partial charge is 0.493 e. The molecule has 0 radical (unpaired) electrons. The van der Waals surface area contributed by atoms with Crippen LogP contribution in [0.15, 0.2) is 82.8 Å². The van der Waals surface area contributed by atoms with Gasteiger partial charge in [0.1, 0.15) is 10.6 Å². The molecule has 3 aromatic rings. The van der Waals surface area contributed by atoms with Crippen molar-refractivity contribution in [2.24, 2.45) is 5.10 Å². The van der Waals surface area contributed by atoms with Crippen LogP contribution in [0.4, 0.5) is 0 Å². The van der Waals surface area contributed by atoms with Crippen LogP contribution in [-0.2, 0) is 10.1 Å². The number of rotatable bonds is 9. The normalized spacial score (nSPS) is 11.2. The molecule has 3 aromatic carbocycles. The Labute approximate surface area is 186 Å². The summed E-state index contributed by atoms with van der Waals surface area (Å²) in [6, 6.07) is 18.9. The molecule has 9 heteroatoms. The monoisotopic (exact) mass is 454 g/mol. The number of hydrogen-bond acceptors (Lipinski definition) is 7. The first-order valence-corrected chi connectivity index (χ1v) is 11.1. The second-order valence-electron chi connectivity index (χ2n) is 6.42. The zero-order valence-corrected chi connectivity index (χ0v) is 18.3. The smallest absolute Gasteiger partial charge is 0.339 e. The number of amides is 1. The molecule has 0 unspecified atom stereocenters. The minimum Gasteiger partial charge on any atom is -0.493 e. The Kier molecular flexibility index (Phi) is 7.45. The van der Waals surface area contributed by atoms with Crippen LogP contribution < -0.4 is 19.1 Å². The van der Waals surface area contributed by atoms with E-state index >= 15 is 0 Å². The fraction of sp³-hybridized carbons (Fsp3) is 0.130. The molecule has 0 fully saturated rings. The van der Waals surface area contributed by atoms with E-state index < -0.39 is 16.0 Å². The lowest BCUT2D eigenvalue weighted by atomic mass is 10.2. The summed E-state index contributed by atoms with van der Waals surface area (Å²) in [4.78, 5) is 12.4. The number of ether oxygens (including phenoxy) is 2. The van der Waals surface area contributed by atoms with Crippen molar-refractivity contribution in [1.82, 2.24) is 5.43 Å². The van der Waals surface area contributed by atoms with E-state index in [0.717, 1.165) is 0 Å². The Balaban J connectivity index is 1.61. The van der Waals surface area contributed by atoms with Gasteiger partial charge < -0.3 is 13.7 Å². The van der Waals surface area contributed by atoms with Crippen molar-refractivity contribution in [3.8, 4) is 17.2 Å². The van der Waals surface area contributed by atoms with Crippen LogP contribution >= 0.6 is 0 Å². The number of nitrogens with one attached hydrogen (secondary N) is 1. The van der Waals surface area contributed by atoms with Gasteiger partial charge in [-0.05, 0) is 67.1 Å². The minimum absolute atomic E-state index is 0.0689. The van der Waals surface area contributed by atoms with Crippen LogP contribution in [0.2, 0.25) is 0 Å². The van der Waals surface area contributed by atoms with Crippen molar-refractivity contribution in [2.45, 2.75) is 11.8 Å². The van der Waals surface area contributed by atoms with Crippen LogP contribution in [0.1, 0.15) is 22.8 Å². The highest BCUT2D eigenvalue weighted by atomic mass is 32.2. The van der Waals surface area contributed by atoms with Crippen LogP contribution in [0.5, 0.6) is 17.2 Å². The number of nitrogens with zero attached hydrogens (tertiary/aromatic N) is 1. The van der Waals surface area contributed by atoms with E-state index in [4.69, 9.17) is 13.7 Å². The highest BCUT2D eigenvalue weighted by Gasteiger charge is 2.15. The maximum absolute atomic E-state index is 12.3. The number of benzene rings is 3. The summed E-state index contributed by atoms with van der Waals surface area (Å²) in [6.45, 7) is 2.27. The van der Waals surface area contributed by atoms with Crippen molar-refractivity contribution in [1.29, 1.82) is 0 Å². The van der Waals surface area contributed by atoms with Crippen LogP contribution in [0, 0.1) is 0 Å². The van der Waals surface area contributed by atoms with Gasteiger partial charge in [-0.15, -0.1) is 0 Å². The lowest BCUT2D eigenvalue weighted by molar-refractivity contribution is 0.0954. The number of carbonyl (C=O) groups is 1. The Bertz CT molecular complexity index is 1190. The molecule has 1 amide bonds. The molecule has 0 aromatic heterocycles. The lowest BCUT2D eigenvalue weighted by Crippen LogP contribution is -2.17. The zero-order valence-electron chi connectivity index (χ0n) is 17.5. The van der Waals surface area contributed by atoms with Gasteiger partial charge in [0, 0.05) is 5.56 Å². The van der Waals surface area contributed by atoms with Crippen LogP contribution in [0.25, 0.3) is 0 Å². The van der Waals surface area contributed by atoms with Crippen molar-refractivity contribution in [2.75, 3.05) is 13.7 Å². The summed E-state index contributed by atoms with van der Waals surface area (Å²) in [5, 5.41) is 3.93. The second kappa shape index (κ2) is 10.5. The number of hydrogen-bond donors (Lipinski definition) is 1. The second-order valence-corrected chi connectivity index (χ2v) is 7.96. The fourth-order valence-corrected chi connectivity index (χ4v) is 3.64. The molecule has 0 aliphatic carbocycles. The van der Waals surface area contributed by atoms with Gasteiger partial charge in [0.2, 0.25) is 0 Å². The number of methoxy groups -OCH3 is 1. The van der Waals surface area contributed by atoms with E-state index in [-0.39, 0.29) is 10.6 Å². The average molecular weight is 455 g/mol. The van der Waals surface area contributed by atoms with E-state index in [0.29, 0.717) is 29.2 Å². The summed E-state index contributed by atoms with van der Waals surface area (Å²) in [7, 11) is -2.38. The van der Waals surface area contributed by atoms with Crippen molar-refractivity contribution < 1.29 is 26.9 Å². The quantitative estimate of drug-likeness (QED) is 0.301. The summed E-state index contributed by atoms with van der Waals surface area (Å²) in [6.07, 6.45) is 1.43.